The normalized spacial score (nSPS) is 14.5. The van der Waals surface area contributed by atoms with E-state index in [1.54, 1.807) is 49.1 Å². The van der Waals surface area contributed by atoms with E-state index >= 15 is 0 Å². The van der Waals surface area contributed by atoms with Crippen LogP contribution >= 0.6 is 0 Å². The number of carbonyl (C=O) groups excluding carboxylic acids is 2. The van der Waals surface area contributed by atoms with Crippen LogP contribution in [0, 0.1) is 5.92 Å². The molecule has 7 heteroatoms. The third-order valence-corrected chi connectivity index (χ3v) is 5.69. The number of pyridine rings is 2. The zero-order chi connectivity index (χ0) is 22.2. The van der Waals surface area contributed by atoms with E-state index in [0.717, 1.165) is 24.2 Å². The lowest BCUT2D eigenvalue weighted by molar-refractivity contribution is -0.118. The van der Waals surface area contributed by atoms with Gasteiger partial charge in [-0.05, 0) is 54.8 Å². The van der Waals surface area contributed by atoms with E-state index in [2.05, 4.69) is 25.9 Å². The van der Waals surface area contributed by atoms with Gasteiger partial charge in [0.2, 0.25) is 5.91 Å². The zero-order valence-electron chi connectivity index (χ0n) is 17.8. The third-order valence-electron chi connectivity index (χ3n) is 5.69. The highest BCUT2D eigenvalue weighted by Crippen LogP contribution is 2.29. The largest absolute Gasteiger partial charge is 0.355 e. The Kier molecular flexibility index (Phi) is 7.07. The molecule has 1 saturated carbocycles. The molecule has 2 aromatic heterocycles. The maximum atomic E-state index is 13.0. The molecule has 3 N–H and O–H groups in total. The smallest absolute Gasteiger partial charge is 0.252 e. The molecular weight excluding hydrogens is 402 g/mol. The molecule has 3 aromatic rings. The first-order valence-electron chi connectivity index (χ1n) is 11.0. The Labute approximate surface area is 187 Å². The first-order chi connectivity index (χ1) is 15.7. The molecule has 0 unspecified atom stereocenters. The predicted molar refractivity (Wildman–Crippen MR) is 125 cm³/mol. The SMILES string of the molecule is O=C(N[C@@H](CC1CCCC1)C(=O)Nc1cccnc1)c1cccc(Nc2ccncc2)c1. The van der Waals surface area contributed by atoms with E-state index in [0.29, 0.717) is 23.6 Å². The molecule has 164 valence electrons. The van der Waals surface area contributed by atoms with Crippen LogP contribution in [0.1, 0.15) is 42.5 Å². The van der Waals surface area contributed by atoms with Gasteiger partial charge in [0.05, 0.1) is 11.9 Å². The number of hydrogen-bond donors (Lipinski definition) is 3. The minimum atomic E-state index is -0.609. The fourth-order valence-electron chi connectivity index (χ4n) is 4.06. The van der Waals surface area contributed by atoms with Gasteiger partial charge < -0.3 is 16.0 Å². The summed E-state index contributed by atoms with van der Waals surface area (Å²) in [4.78, 5) is 34.1. The topological polar surface area (TPSA) is 96.0 Å². The molecule has 32 heavy (non-hydrogen) atoms. The van der Waals surface area contributed by atoms with E-state index in [-0.39, 0.29) is 11.8 Å². The quantitative estimate of drug-likeness (QED) is 0.489. The lowest BCUT2D eigenvalue weighted by atomic mass is 9.97. The van der Waals surface area contributed by atoms with Crippen molar-refractivity contribution in [3.63, 3.8) is 0 Å². The lowest BCUT2D eigenvalue weighted by Gasteiger charge is -2.21. The Balaban J connectivity index is 1.46. The van der Waals surface area contributed by atoms with E-state index in [1.165, 1.54) is 12.8 Å². The predicted octanol–water partition coefficient (Wildman–Crippen LogP) is 4.54. The molecule has 1 aliphatic carbocycles. The standard InChI is InChI=1S/C25H27N5O2/c31-24(19-7-3-8-21(16-19)28-20-10-13-26-14-11-20)30-23(15-18-5-1-2-6-18)25(32)29-22-9-4-12-27-17-22/h3-4,7-14,16-18,23H,1-2,5-6,15H2,(H,26,28)(H,29,32)(H,30,31)/t23-/m0/s1. The lowest BCUT2D eigenvalue weighted by Crippen LogP contribution is -2.44. The highest BCUT2D eigenvalue weighted by molar-refractivity contribution is 6.01. The molecule has 0 spiro atoms. The molecule has 1 aromatic carbocycles. The summed E-state index contributed by atoms with van der Waals surface area (Å²) in [6.45, 7) is 0. The number of hydrogen-bond acceptors (Lipinski definition) is 5. The molecule has 1 atom stereocenters. The molecule has 1 fully saturated rings. The van der Waals surface area contributed by atoms with Crippen LogP contribution in [-0.4, -0.2) is 27.8 Å². The first-order valence-corrected chi connectivity index (χ1v) is 11.0. The average Bonchev–Trinajstić information content (AvgIpc) is 3.33. The van der Waals surface area contributed by atoms with Crippen molar-refractivity contribution in [2.24, 2.45) is 5.92 Å². The minimum Gasteiger partial charge on any atom is -0.355 e. The summed E-state index contributed by atoms with van der Waals surface area (Å²) in [6.07, 6.45) is 11.8. The second-order valence-corrected chi connectivity index (χ2v) is 8.08. The number of rotatable bonds is 8. The summed E-state index contributed by atoms with van der Waals surface area (Å²) in [7, 11) is 0. The molecule has 0 radical (unpaired) electrons. The Morgan fingerprint density at radius 1 is 0.906 bits per heavy atom. The van der Waals surface area contributed by atoms with Gasteiger partial charge >= 0.3 is 0 Å². The monoisotopic (exact) mass is 429 g/mol. The number of nitrogens with zero attached hydrogens (tertiary/aromatic N) is 2. The van der Waals surface area contributed by atoms with Crippen molar-refractivity contribution in [2.45, 2.75) is 38.1 Å². The van der Waals surface area contributed by atoms with Crippen LogP contribution in [0.5, 0.6) is 0 Å². The van der Waals surface area contributed by atoms with Gasteiger partial charge in [0.25, 0.3) is 5.91 Å². The molecule has 0 bridgehead atoms. The first kappa shape index (κ1) is 21.5. The van der Waals surface area contributed by atoms with Crippen molar-refractivity contribution < 1.29 is 9.59 Å². The Morgan fingerprint density at radius 3 is 2.44 bits per heavy atom. The highest BCUT2D eigenvalue weighted by atomic mass is 16.2. The van der Waals surface area contributed by atoms with Gasteiger partial charge in [-0.3, -0.25) is 19.6 Å². The summed E-state index contributed by atoms with van der Waals surface area (Å²) in [5.41, 5.74) is 2.78. The fraction of sp³-hybridized carbons (Fsp3) is 0.280. The van der Waals surface area contributed by atoms with Crippen LogP contribution in [0.2, 0.25) is 0 Å². The summed E-state index contributed by atoms with van der Waals surface area (Å²) >= 11 is 0. The molecule has 2 amide bonds. The van der Waals surface area contributed by atoms with Crippen LogP contribution in [0.25, 0.3) is 0 Å². The number of anilines is 3. The van der Waals surface area contributed by atoms with Crippen molar-refractivity contribution in [3.8, 4) is 0 Å². The van der Waals surface area contributed by atoms with Crippen molar-refractivity contribution in [2.75, 3.05) is 10.6 Å². The number of benzene rings is 1. The minimum absolute atomic E-state index is 0.218. The molecule has 7 nitrogen and oxygen atoms in total. The van der Waals surface area contributed by atoms with Crippen LogP contribution in [0.4, 0.5) is 17.1 Å². The third kappa shape index (κ3) is 5.91. The second-order valence-electron chi connectivity index (χ2n) is 8.08. The van der Waals surface area contributed by atoms with Crippen molar-refractivity contribution >= 4 is 28.9 Å². The summed E-state index contributed by atoms with van der Waals surface area (Å²) in [6, 6.07) is 13.9. The summed E-state index contributed by atoms with van der Waals surface area (Å²) in [5, 5.41) is 9.11. The molecule has 4 rings (SSSR count). The number of amides is 2. The zero-order valence-corrected chi connectivity index (χ0v) is 17.8. The van der Waals surface area contributed by atoms with Crippen LogP contribution in [-0.2, 0) is 4.79 Å². The summed E-state index contributed by atoms with van der Waals surface area (Å²) in [5.74, 6) is -0.0448. The van der Waals surface area contributed by atoms with E-state index in [9.17, 15) is 9.59 Å². The van der Waals surface area contributed by atoms with Crippen molar-refractivity contribution in [1.29, 1.82) is 0 Å². The Morgan fingerprint density at radius 2 is 1.69 bits per heavy atom. The molecule has 2 heterocycles. The fourth-order valence-corrected chi connectivity index (χ4v) is 4.06. The Hall–Kier alpha value is -3.74. The van der Waals surface area contributed by atoms with Gasteiger partial charge in [-0.15, -0.1) is 0 Å². The Bertz CT molecular complexity index is 1040. The van der Waals surface area contributed by atoms with E-state index < -0.39 is 6.04 Å². The van der Waals surface area contributed by atoms with Gasteiger partial charge in [-0.1, -0.05) is 31.7 Å². The maximum absolute atomic E-state index is 13.0. The second kappa shape index (κ2) is 10.5. The number of aromatic nitrogens is 2. The van der Waals surface area contributed by atoms with Crippen LogP contribution in [0.15, 0.2) is 73.3 Å². The number of nitrogens with one attached hydrogen (secondary N) is 3. The maximum Gasteiger partial charge on any atom is 0.252 e. The van der Waals surface area contributed by atoms with Crippen LogP contribution in [0.3, 0.4) is 0 Å². The van der Waals surface area contributed by atoms with Crippen molar-refractivity contribution in [1.82, 2.24) is 15.3 Å². The van der Waals surface area contributed by atoms with Gasteiger partial charge in [0.15, 0.2) is 0 Å². The van der Waals surface area contributed by atoms with E-state index in [1.807, 2.05) is 24.3 Å². The van der Waals surface area contributed by atoms with E-state index in [4.69, 9.17) is 0 Å². The van der Waals surface area contributed by atoms with Gasteiger partial charge in [-0.2, -0.15) is 0 Å². The summed E-state index contributed by atoms with van der Waals surface area (Å²) < 4.78 is 0. The number of carbonyl (C=O) groups is 2. The van der Waals surface area contributed by atoms with Gasteiger partial charge in [-0.25, -0.2) is 0 Å². The molecule has 0 aliphatic heterocycles. The van der Waals surface area contributed by atoms with Crippen molar-refractivity contribution in [3.05, 3.63) is 78.9 Å². The van der Waals surface area contributed by atoms with Crippen LogP contribution < -0.4 is 16.0 Å². The van der Waals surface area contributed by atoms with Gasteiger partial charge in [0, 0.05) is 35.5 Å². The molecular formula is C25H27N5O2. The molecule has 1 aliphatic rings. The average molecular weight is 430 g/mol. The van der Waals surface area contributed by atoms with Gasteiger partial charge in [0.1, 0.15) is 6.04 Å². The molecule has 0 saturated heterocycles. The highest BCUT2D eigenvalue weighted by Gasteiger charge is 2.27.